The van der Waals surface area contributed by atoms with Crippen molar-refractivity contribution >= 4 is 17.5 Å². The normalized spacial score (nSPS) is 16.2. The predicted molar refractivity (Wildman–Crippen MR) is 128 cm³/mol. The monoisotopic (exact) mass is 484 g/mol. The van der Waals surface area contributed by atoms with E-state index in [9.17, 15) is 13.2 Å². The summed E-state index contributed by atoms with van der Waals surface area (Å²) in [5, 5.41) is 6.10. The van der Waals surface area contributed by atoms with E-state index in [4.69, 9.17) is 4.74 Å². The minimum atomic E-state index is -0.705. The fourth-order valence-corrected chi connectivity index (χ4v) is 4.67. The van der Waals surface area contributed by atoms with Gasteiger partial charge in [-0.1, -0.05) is 6.07 Å². The third-order valence-electron chi connectivity index (χ3n) is 6.45. The molecular weight excluding hydrogens is 457 g/mol. The van der Waals surface area contributed by atoms with Gasteiger partial charge in [0.05, 0.1) is 18.4 Å². The molecule has 0 saturated carbocycles. The number of hydrogen-bond acceptors (Lipinski definition) is 7. The quantitative estimate of drug-likeness (QED) is 0.505. The summed E-state index contributed by atoms with van der Waals surface area (Å²) in [6.07, 6.45) is 2.71. The molecule has 3 aromatic rings. The summed E-state index contributed by atoms with van der Waals surface area (Å²) in [4.78, 5) is 14.2. The Bertz CT molecular complexity index is 1230. The molecule has 2 aliphatic rings. The van der Waals surface area contributed by atoms with Crippen LogP contribution >= 0.6 is 0 Å². The Hall–Kier alpha value is -3.40. The maximum atomic E-state index is 14.9. The van der Waals surface area contributed by atoms with Crippen molar-refractivity contribution in [3.8, 4) is 17.0 Å². The number of aromatic nitrogens is 3. The second-order valence-electron chi connectivity index (χ2n) is 9.06. The molecule has 1 saturated heterocycles. The Balaban J connectivity index is 1.43. The molecule has 1 aromatic carbocycles. The standard InChI is InChI=1S/C25H27F3N6O/c1-14(2)34-9-10-35-23-18(26)11-16(12-20(23)34)22-19(27)13-30-25(33-22)32-21-4-3-17(24(28)31-21)15-5-7-29-8-6-15/h3-4,11-15,29H,5-10H2,1-2H3,(H,30,31,32,33). The molecule has 2 aromatic heterocycles. The molecule has 0 unspecified atom stereocenters. The smallest absolute Gasteiger partial charge is 0.229 e. The molecule has 2 aliphatic heterocycles. The maximum Gasteiger partial charge on any atom is 0.229 e. The Morgan fingerprint density at radius 3 is 2.63 bits per heavy atom. The SMILES string of the molecule is CC(C)N1CCOc2c(F)cc(-c3nc(Nc4ccc(C5CCNCC5)c(F)n4)ncc3F)cc21. The minimum Gasteiger partial charge on any atom is -0.486 e. The summed E-state index contributed by atoms with van der Waals surface area (Å²) in [6, 6.07) is 6.34. The van der Waals surface area contributed by atoms with Crippen LogP contribution in [0.5, 0.6) is 5.75 Å². The first-order valence-corrected chi connectivity index (χ1v) is 11.8. The highest BCUT2D eigenvalue weighted by atomic mass is 19.1. The number of rotatable bonds is 5. The van der Waals surface area contributed by atoms with Gasteiger partial charge in [0, 0.05) is 17.2 Å². The van der Waals surface area contributed by atoms with Gasteiger partial charge in [-0.3, -0.25) is 0 Å². The number of ether oxygens (including phenoxy) is 1. The molecule has 0 spiro atoms. The summed E-state index contributed by atoms with van der Waals surface area (Å²) in [5.74, 6) is -1.34. The van der Waals surface area contributed by atoms with Crippen LogP contribution in [0.4, 0.5) is 30.6 Å². The molecule has 0 amide bonds. The van der Waals surface area contributed by atoms with Crippen molar-refractivity contribution in [2.45, 2.75) is 38.6 Å². The highest BCUT2D eigenvalue weighted by Crippen LogP contribution is 2.39. The third kappa shape index (κ3) is 4.75. The molecule has 0 aliphatic carbocycles. The van der Waals surface area contributed by atoms with Gasteiger partial charge in [0.1, 0.15) is 18.1 Å². The Labute approximate surface area is 201 Å². The number of hydrogen-bond donors (Lipinski definition) is 2. The zero-order chi connectivity index (χ0) is 24.5. The summed E-state index contributed by atoms with van der Waals surface area (Å²) in [5.41, 5.74) is 1.30. The number of nitrogens with zero attached hydrogens (tertiary/aromatic N) is 4. The summed E-state index contributed by atoms with van der Waals surface area (Å²) < 4.78 is 49.9. The van der Waals surface area contributed by atoms with Crippen LogP contribution in [0.1, 0.15) is 38.2 Å². The van der Waals surface area contributed by atoms with Crippen LogP contribution in [0.15, 0.2) is 30.5 Å². The van der Waals surface area contributed by atoms with E-state index in [1.165, 1.54) is 6.07 Å². The van der Waals surface area contributed by atoms with Crippen molar-refractivity contribution in [3.05, 3.63) is 53.6 Å². The van der Waals surface area contributed by atoms with E-state index in [0.29, 0.717) is 24.4 Å². The fourth-order valence-electron chi connectivity index (χ4n) is 4.67. The van der Waals surface area contributed by atoms with Crippen molar-refractivity contribution in [2.75, 3.05) is 36.5 Å². The number of anilines is 3. The van der Waals surface area contributed by atoms with Gasteiger partial charge in [0.25, 0.3) is 0 Å². The second-order valence-corrected chi connectivity index (χ2v) is 9.06. The van der Waals surface area contributed by atoms with E-state index >= 15 is 0 Å². The van der Waals surface area contributed by atoms with Gasteiger partial charge < -0.3 is 20.3 Å². The molecule has 0 radical (unpaired) electrons. The first-order chi connectivity index (χ1) is 16.9. The molecule has 0 bridgehead atoms. The number of fused-ring (bicyclic) bond motifs is 1. The van der Waals surface area contributed by atoms with Gasteiger partial charge in [0.2, 0.25) is 11.9 Å². The summed E-state index contributed by atoms with van der Waals surface area (Å²) >= 11 is 0. The highest BCUT2D eigenvalue weighted by molar-refractivity contribution is 5.73. The Morgan fingerprint density at radius 1 is 1.09 bits per heavy atom. The Kier molecular flexibility index (Phi) is 6.46. The molecule has 7 nitrogen and oxygen atoms in total. The van der Waals surface area contributed by atoms with E-state index in [2.05, 4.69) is 25.6 Å². The summed E-state index contributed by atoms with van der Waals surface area (Å²) in [7, 11) is 0. The van der Waals surface area contributed by atoms with Gasteiger partial charge in [-0.15, -0.1) is 0 Å². The average Bonchev–Trinajstić information content (AvgIpc) is 2.85. The van der Waals surface area contributed by atoms with Crippen molar-refractivity contribution in [2.24, 2.45) is 0 Å². The van der Waals surface area contributed by atoms with Crippen LogP contribution in [-0.4, -0.2) is 47.2 Å². The van der Waals surface area contributed by atoms with Gasteiger partial charge >= 0.3 is 0 Å². The zero-order valence-electron chi connectivity index (χ0n) is 19.6. The minimum absolute atomic E-state index is 0.0259. The number of halogens is 3. The molecule has 0 atom stereocenters. The van der Waals surface area contributed by atoms with Crippen LogP contribution in [-0.2, 0) is 0 Å². The van der Waals surface area contributed by atoms with Gasteiger partial charge in [-0.05, 0) is 63.9 Å². The molecule has 2 N–H and O–H groups in total. The first kappa shape index (κ1) is 23.3. The number of benzene rings is 1. The van der Waals surface area contributed by atoms with E-state index in [1.54, 1.807) is 18.2 Å². The van der Waals surface area contributed by atoms with Crippen LogP contribution in [0.3, 0.4) is 0 Å². The second kappa shape index (κ2) is 9.69. The molecule has 184 valence electrons. The Morgan fingerprint density at radius 2 is 1.89 bits per heavy atom. The van der Waals surface area contributed by atoms with Gasteiger partial charge in [-0.2, -0.15) is 4.39 Å². The average molecular weight is 485 g/mol. The first-order valence-electron chi connectivity index (χ1n) is 11.8. The van der Waals surface area contributed by atoms with Crippen LogP contribution in [0.2, 0.25) is 0 Å². The van der Waals surface area contributed by atoms with Crippen molar-refractivity contribution in [1.29, 1.82) is 0 Å². The molecule has 4 heterocycles. The molecule has 1 fully saturated rings. The van der Waals surface area contributed by atoms with Crippen LogP contribution in [0, 0.1) is 17.6 Å². The third-order valence-corrected chi connectivity index (χ3v) is 6.45. The zero-order valence-corrected chi connectivity index (χ0v) is 19.6. The van der Waals surface area contributed by atoms with Crippen LogP contribution in [0.25, 0.3) is 11.3 Å². The van der Waals surface area contributed by atoms with E-state index < -0.39 is 17.6 Å². The van der Waals surface area contributed by atoms with Crippen LogP contribution < -0.4 is 20.3 Å². The lowest BCUT2D eigenvalue weighted by Gasteiger charge is -2.34. The van der Waals surface area contributed by atoms with E-state index in [-0.39, 0.29) is 40.7 Å². The molecule has 10 heteroatoms. The van der Waals surface area contributed by atoms with E-state index in [1.807, 2.05) is 18.7 Å². The number of nitrogens with one attached hydrogen (secondary N) is 2. The summed E-state index contributed by atoms with van der Waals surface area (Å²) in [6.45, 7) is 6.65. The van der Waals surface area contributed by atoms with Crippen molar-refractivity contribution in [3.63, 3.8) is 0 Å². The fraction of sp³-hybridized carbons (Fsp3) is 0.400. The molecular formula is C25H27F3N6O. The number of pyridine rings is 1. The van der Waals surface area contributed by atoms with Crippen molar-refractivity contribution < 1.29 is 17.9 Å². The molecule has 5 rings (SSSR count). The predicted octanol–water partition coefficient (Wildman–Crippen LogP) is 4.77. The van der Waals surface area contributed by atoms with Gasteiger partial charge in [0.15, 0.2) is 17.4 Å². The lowest BCUT2D eigenvalue weighted by Crippen LogP contribution is -2.38. The van der Waals surface area contributed by atoms with E-state index in [0.717, 1.165) is 32.1 Å². The lowest BCUT2D eigenvalue weighted by molar-refractivity contribution is 0.287. The highest BCUT2D eigenvalue weighted by Gasteiger charge is 2.26. The van der Waals surface area contributed by atoms with Crippen molar-refractivity contribution in [1.82, 2.24) is 20.3 Å². The lowest BCUT2D eigenvalue weighted by atomic mass is 9.91. The topological polar surface area (TPSA) is 75.2 Å². The largest absolute Gasteiger partial charge is 0.486 e. The number of piperidine rings is 1. The maximum absolute atomic E-state index is 14.9. The molecule has 35 heavy (non-hydrogen) atoms. The van der Waals surface area contributed by atoms with Gasteiger partial charge in [-0.25, -0.2) is 23.7 Å².